The maximum Gasteiger partial charge on any atom is 0.276 e. The number of aromatic nitrogens is 4. The Morgan fingerprint density at radius 2 is 1.80 bits per heavy atom. The summed E-state index contributed by atoms with van der Waals surface area (Å²) in [5.41, 5.74) is 1.84. The second-order valence-corrected chi connectivity index (χ2v) is 9.83. The molecular formula is C26H27Cl2N7O5. The van der Waals surface area contributed by atoms with Crippen molar-refractivity contribution in [2.24, 2.45) is 0 Å². The molecule has 1 N–H and O–H groups in total. The highest BCUT2D eigenvalue weighted by Gasteiger charge is 2.30. The zero-order valence-electron chi connectivity index (χ0n) is 22.3. The predicted octanol–water partition coefficient (Wildman–Crippen LogP) is 4.37. The minimum atomic E-state index is -0.270. The van der Waals surface area contributed by atoms with E-state index in [9.17, 15) is 4.79 Å². The third kappa shape index (κ3) is 5.51. The molecule has 4 aromatic rings. The Morgan fingerprint density at radius 3 is 2.55 bits per heavy atom. The van der Waals surface area contributed by atoms with Crippen LogP contribution in [0.25, 0.3) is 11.5 Å². The van der Waals surface area contributed by atoms with Crippen molar-refractivity contribution in [3.05, 3.63) is 63.6 Å². The fraction of sp³-hybridized carbons (Fsp3) is 0.308. The Kier molecular flexibility index (Phi) is 8.01. The van der Waals surface area contributed by atoms with Gasteiger partial charge in [0.15, 0.2) is 11.5 Å². The van der Waals surface area contributed by atoms with Crippen LogP contribution in [0.4, 0.5) is 11.8 Å². The van der Waals surface area contributed by atoms with Crippen molar-refractivity contribution < 1.29 is 23.4 Å². The maximum absolute atomic E-state index is 13.5. The number of nitrogens with zero attached hydrogens (tertiary/aromatic N) is 6. The second kappa shape index (κ2) is 11.6. The number of hydrogen-bond acceptors (Lipinski definition) is 10. The van der Waals surface area contributed by atoms with Crippen LogP contribution >= 0.6 is 23.2 Å². The Bertz CT molecular complexity index is 1540. The van der Waals surface area contributed by atoms with Gasteiger partial charge >= 0.3 is 0 Å². The van der Waals surface area contributed by atoms with E-state index in [1.165, 1.54) is 4.90 Å². The van der Waals surface area contributed by atoms with Gasteiger partial charge in [0, 0.05) is 37.8 Å². The minimum absolute atomic E-state index is 0.0764. The van der Waals surface area contributed by atoms with Crippen molar-refractivity contribution in [1.29, 1.82) is 0 Å². The second-order valence-electron chi connectivity index (χ2n) is 9.02. The summed E-state index contributed by atoms with van der Waals surface area (Å²) in [7, 11) is 6.66. The lowest BCUT2D eigenvalue weighted by molar-refractivity contribution is 0.0312. The molecule has 210 valence electrons. The molecule has 3 heterocycles. The van der Waals surface area contributed by atoms with Crippen molar-refractivity contribution in [3.63, 3.8) is 0 Å². The van der Waals surface area contributed by atoms with Crippen molar-refractivity contribution in [2.45, 2.75) is 13.1 Å². The van der Waals surface area contributed by atoms with Crippen LogP contribution in [-0.4, -0.2) is 72.3 Å². The quantitative estimate of drug-likeness (QED) is 0.318. The SMILES string of the molecule is COc1ccc(CNc2nc3c(n2Cc2nnc(-c4ccc(Cl)c(Cl)c4)o2)C(=O)N(C)COCN3C)c(OC)c1. The molecule has 1 aliphatic rings. The first-order valence-corrected chi connectivity index (χ1v) is 12.9. The van der Waals surface area contributed by atoms with E-state index >= 15 is 0 Å². The Hall–Kier alpha value is -4.00. The lowest BCUT2D eigenvalue weighted by Gasteiger charge is -2.26. The van der Waals surface area contributed by atoms with Crippen LogP contribution in [0.5, 0.6) is 11.5 Å². The Morgan fingerprint density at radius 1 is 1.00 bits per heavy atom. The highest BCUT2D eigenvalue weighted by atomic mass is 35.5. The summed E-state index contributed by atoms with van der Waals surface area (Å²) in [6.45, 7) is 0.801. The molecule has 14 heteroatoms. The average Bonchev–Trinajstić information content (AvgIpc) is 3.57. The molecule has 0 atom stereocenters. The van der Waals surface area contributed by atoms with Gasteiger partial charge in [-0.05, 0) is 30.3 Å². The van der Waals surface area contributed by atoms with Crippen LogP contribution in [0, 0.1) is 0 Å². The molecular weight excluding hydrogens is 561 g/mol. The number of rotatable bonds is 8. The number of ether oxygens (including phenoxy) is 3. The van der Waals surface area contributed by atoms with Gasteiger partial charge in [0.25, 0.3) is 5.91 Å². The van der Waals surface area contributed by atoms with Gasteiger partial charge in [0.1, 0.15) is 31.5 Å². The van der Waals surface area contributed by atoms with E-state index in [0.717, 1.165) is 5.56 Å². The van der Waals surface area contributed by atoms with Gasteiger partial charge < -0.3 is 33.7 Å². The number of carbonyl (C=O) groups is 1. The number of halogens is 2. The normalized spacial score (nSPS) is 13.6. The van der Waals surface area contributed by atoms with Gasteiger partial charge in [-0.3, -0.25) is 9.36 Å². The predicted molar refractivity (Wildman–Crippen MR) is 149 cm³/mol. The topological polar surface area (TPSA) is 120 Å². The molecule has 0 aliphatic carbocycles. The summed E-state index contributed by atoms with van der Waals surface area (Å²) in [4.78, 5) is 21.5. The molecule has 5 rings (SSSR count). The number of benzene rings is 2. The van der Waals surface area contributed by atoms with E-state index in [0.29, 0.717) is 51.1 Å². The third-order valence-electron chi connectivity index (χ3n) is 6.29. The number of carbonyl (C=O) groups excluding carboxylic acids is 1. The number of anilines is 2. The fourth-order valence-electron chi connectivity index (χ4n) is 4.19. The van der Waals surface area contributed by atoms with E-state index in [4.69, 9.17) is 46.8 Å². The van der Waals surface area contributed by atoms with Crippen LogP contribution in [0.1, 0.15) is 21.9 Å². The highest BCUT2D eigenvalue weighted by molar-refractivity contribution is 6.42. The lowest BCUT2D eigenvalue weighted by Crippen LogP contribution is -2.37. The highest BCUT2D eigenvalue weighted by Crippen LogP contribution is 2.31. The molecule has 0 radical (unpaired) electrons. The van der Waals surface area contributed by atoms with E-state index in [2.05, 4.69) is 15.5 Å². The van der Waals surface area contributed by atoms with Crippen LogP contribution in [0.15, 0.2) is 40.8 Å². The molecule has 2 aromatic carbocycles. The van der Waals surface area contributed by atoms with E-state index in [1.54, 1.807) is 62.0 Å². The third-order valence-corrected chi connectivity index (χ3v) is 7.03. The van der Waals surface area contributed by atoms with Crippen molar-refractivity contribution in [3.8, 4) is 23.0 Å². The summed E-state index contributed by atoms with van der Waals surface area (Å²) in [6, 6.07) is 10.6. The van der Waals surface area contributed by atoms with E-state index in [-0.39, 0.29) is 37.7 Å². The summed E-state index contributed by atoms with van der Waals surface area (Å²) >= 11 is 12.2. The maximum atomic E-state index is 13.5. The monoisotopic (exact) mass is 587 g/mol. The molecule has 1 amide bonds. The molecule has 1 aliphatic heterocycles. The smallest absolute Gasteiger partial charge is 0.276 e. The number of hydrogen-bond donors (Lipinski definition) is 1. The molecule has 0 saturated carbocycles. The molecule has 0 spiro atoms. The first-order valence-electron chi connectivity index (χ1n) is 12.2. The van der Waals surface area contributed by atoms with Crippen molar-refractivity contribution in [2.75, 3.05) is 52.0 Å². The van der Waals surface area contributed by atoms with Gasteiger partial charge in [-0.2, -0.15) is 4.98 Å². The Labute approximate surface area is 240 Å². The molecule has 0 saturated heterocycles. The summed E-state index contributed by atoms with van der Waals surface area (Å²) in [6.07, 6.45) is 0. The minimum Gasteiger partial charge on any atom is -0.497 e. The number of methoxy groups -OCH3 is 2. The fourth-order valence-corrected chi connectivity index (χ4v) is 4.49. The first kappa shape index (κ1) is 27.6. The summed E-state index contributed by atoms with van der Waals surface area (Å²) < 4.78 is 24.1. The van der Waals surface area contributed by atoms with E-state index in [1.807, 2.05) is 12.1 Å². The zero-order valence-corrected chi connectivity index (χ0v) is 23.8. The van der Waals surface area contributed by atoms with Gasteiger partial charge in [-0.25, -0.2) is 0 Å². The number of imidazole rings is 1. The largest absolute Gasteiger partial charge is 0.497 e. The molecule has 0 fully saturated rings. The van der Waals surface area contributed by atoms with Gasteiger partial charge in [-0.15, -0.1) is 10.2 Å². The van der Waals surface area contributed by atoms with Crippen LogP contribution in [-0.2, 0) is 17.8 Å². The first-order chi connectivity index (χ1) is 19.3. The molecule has 0 unspecified atom stereocenters. The zero-order chi connectivity index (χ0) is 28.4. The molecule has 2 aromatic heterocycles. The average molecular weight is 588 g/mol. The number of nitrogens with one attached hydrogen (secondary N) is 1. The van der Waals surface area contributed by atoms with Gasteiger partial charge in [0.05, 0.1) is 24.3 Å². The molecule has 0 bridgehead atoms. The van der Waals surface area contributed by atoms with Gasteiger partial charge in [0.2, 0.25) is 17.7 Å². The van der Waals surface area contributed by atoms with E-state index < -0.39 is 0 Å². The van der Waals surface area contributed by atoms with Crippen LogP contribution in [0.2, 0.25) is 10.0 Å². The molecule has 12 nitrogen and oxygen atoms in total. The number of amides is 1. The van der Waals surface area contributed by atoms with Crippen molar-refractivity contribution >= 4 is 40.9 Å². The molecule has 40 heavy (non-hydrogen) atoms. The Balaban J connectivity index is 1.52. The van der Waals surface area contributed by atoms with Crippen LogP contribution in [0.3, 0.4) is 0 Å². The number of fused-ring (bicyclic) bond motifs is 1. The van der Waals surface area contributed by atoms with Gasteiger partial charge in [-0.1, -0.05) is 23.2 Å². The van der Waals surface area contributed by atoms with Crippen LogP contribution < -0.4 is 19.7 Å². The summed E-state index contributed by atoms with van der Waals surface area (Å²) in [5, 5.41) is 12.5. The lowest BCUT2D eigenvalue weighted by atomic mass is 10.2. The summed E-state index contributed by atoms with van der Waals surface area (Å²) in [5.74, 6) is 2.46. The standard InChI is InChI=1S/C26H27Cl2N7O5/c1-33-13-39-14-34(2)25(36)22-23(33)30-26(29-11-16-5-7-17(37-3)10-20(16)38-4)35(22)12-21-31-32-24(40-21)15-6-8-18(27)19(28)9-15/h5-10H,11-14H2,1-4H3,(H,29,30). The van der Waals surface area contributed by atoms with Crippen molar-refractivity contribution in [1.82, 2.24) is 24.6 Å².